The first-order valence-corrected chi connectivity index (χ1v) is 14.2. The number of nitrogens with one attached hydrogen (secondary N) is 1. The van der Waals surface area contributed by atoms with Gasteiger partial charge in [-0.3, -0.25) is 14.2 Å². The fourth-order valence-corrected chi connectivity index (χ4v) is 5.63. The summed E-state index contributed by atoms with van der Waals surface area (Å²) in [6.07, 6.45) is 3.00. The van der Waals surface area contributed by atoms with Crippen molar-refractivity contribution in [1.82, 2.24) is 14.5 Å². The van der Waals surface area contributed by atoms with Crippen LogP contribution in [0.2, 0.25) is 0 Å². The number of hydrogen-bond acceptors (Lipinski definition) is 7. The largest absolute Gasteiger partial charge is 0.497 e. The monoisotopic (exact) mass is 551 g/mol. The normalized spacial score (nSPS) is 16.1. The fourth-order valence-electron chi connectivity index (χ4n) is 5.35. The molecule has 0 radical (unpaired) electrons. The van der Waals surface area contributed by atoms with Crippen molar-refractivity contribution in [2.24, 2.45) is 0 Å². The molecule has 2 saturated heterocycles. The van der Waals surface area contributed by atoms with Crippen molar-refractivity contribution in [3.05, 3.63) is 57.6 Å². The molecule has 2 aromatic carbocycles. The summed E-state index contributed by atoms with van der Waals surface area (Å²) in [6, 6.07) is 14.0. The van der Waals surface area contributed by atoms with Crippen molar-refractivity contribution in [2.45, 2.75) is 32.2 Å². The van der Waals surface area contributed by atoms with Gasteiger partial charge in [-0.25, -0.2) is 0 Å². The Balaban J connectivity index is 1.09. The SMILES string of the molecule is COc1ccc(N2CCN(C(=O)CCCCCn3c(=S)[nH]c4ccc(N5CCOCC5)cc4c3=O)CC2)cc1. The molecule has 2 fully saturated rings. The standard InChI is InChI=1S/C29H37N5O4S/c1-37-24-9-6-22(7-10-24)31-13-15-33(16-14-31)27(35)5-3-2-4-12-34-28(36)25-21-23(32-17-19-38-20-18-32)8-11-26(25)30-29(34)39/h6-11,21H,2-5,12-20H2,1H3,(H,30,39). The third kappa shape index (κ3) is 6.45. The number of hydrogen-bond donors (Lipinski definition) is 1. The number of aromatic nitrogens is 2. The number of carbonyl (C=O) groups is 1. The van der Waals surface area contributed by atoms with Gasteiger partial charge in [0.1, 0.15) is 5.75 Å². The lowest BCUT2D eigenvalue weighted by molar-refractivity contribution is -0.131. The quantitative estimate of drug-likeness (QED) is 0.320. The van der Waals surface area contributed by atoms with Gasteiger partial charge in [0.2, 0.25) is 5.91 Å². The molecule has 1 aromatic heterocycles. The number of ether oxygens (including phenoxy) is 2. The first kappa shape index (κ1) is 27.2. The summed E-state index contributed by atoms with van der Waals surface area (Å²) in [5.74, 6) is 1.05. The summed E-state index contributed by atoms with van der Waals surface area (Å²) < 4.78 is 12.8. The first-order chi connectivity index (χ1) is 19.0. The number of nitrogens with zero attached hydrogens (tertiary/aromatic N) is 4. The van der Waals surface area contributed by atoms with E-state index in [1.165, 1.54) is 0 Å². The van der Waals surface area contributed by atoms with Gasteiger partial charge in [-0.2, -0.15) is 0 Å². The number of methoxy groups -OCH3 is 1. The van der Waals surface area contributed by atoms with Crippen LogP contribution in [0.4, 0.5) is 11.4 Å². The van der Waals surface area contributed by atoms with Gasteiger partial charge in [0, 0.05) is 63.6 Å². The lowest BCUT2D eigenvalue weighted by atomic mass is 10.1. The molecule has 3 heterocycles. The smallest absolute Gasteiger partial charge is 0.262 e. The van der Waals surface area contributed by atoms with E-state index in [1.807, 2.05) is 35.2 Å². The summed E-state index contributed by atoms with van der Waals surface area (Å²) in [4.78, 5) is 35.8. The number of rotatable bonds is 9. The molecule has 9 nitrogen and oxygen atoms in total. The maximum atomic E-state index is 13.3. The molecule has 2 aliphatic rings. The number of carbonyl (C=O) groups excluding carboxylic acids is 1. The van der Waals surface area contributed by atoms with Gasteiger partial charge >= 0.3 is 0 Å². The number of H-pyrrole nitrogens is 1. The van der Waals surface area contributed by atoms with E-state index in [0.29, 0.717) is 36.3 Å². The minimum Gasteiger partial charge on any atom is -0.497 e. The fraction of sp³-hybridized carbons (Fsp3) is 0.483. The highest BCUT2D eigenvalue weighted by atomic mass is 32.1. The molecule has 0 saturated carbocycles. The van der Waals surface area contributed by atoms with E-state index in [0.717, 1.165) is 81.2 Å². The van der Waals surface area contributed by atoms with Gasteiger partial charge in [-0.15, -0.1) is 0 Å². The molecule has 0 unspecified atom stereocenters. The third-order valence-corrected chi connectivity index (χ3v) is 8.01. The molecule has 1 amide bonds. The van der Waals surface area contributed by atoms with Crippen LogP contribution in [0.1, 0.15) is 25.7 Å². The van der Waals surface area contributed by atoms with Crippen LogP contribution in [0.5, 0.6) is 5.75 Å². The third-order valence-electron chi connectivity index (χ3n) is 7.68. The average Bonchev–Trinajstić information content (AvgIpc) is 2.99. The highest BCUT2D eigenvalue weighted by molar-refractivity contribution is 7.71. The Kier molecular flexibility index (Phi) is 8.83. The van der Waals surface area contributed by atoms with Crippen LogP contribution in [-0.2, 0) is 16.1 Å². The van der Waals surface area contributed by atoms with Gasteiger partial charge in [0.25, 0.3) is 5.56 Å². The summed E-state index contributed by atoms with van der Waals surface area (Å²) in [6.45, 7) is 6.70. The zero-order valence-corrected chi connectivity index (χ0v) is 23.4. The molecule has 2 aliphatic heterocycles. The van der Waals surface area contributed by atoms with Crippen LogP contribution in [0.25, 0.3) is 10.9 Å². The Morgan fingerprint density at radius 1 is 0.923 bits per heavy atom. The second-order valence-electron chi connectivity index (χ2n) is 10.1. The first-order valence-electron chi connectivity index (χ1n) is 13.8. The highest BCUT2D eigenvalue weighted by Crippen LogP contribution is 2.22. The average molecular weight is 552 g/mol. The number of benzene rings is 2. The molecule has 0 bridgehead atoms. The van der Waals surface area contributed by atoms with E-state index in [2.05, 4.69) is 26.9 Å². The molecule has 5 rings (SSSR count). The number of morpholine rings is 1. The van der Waals surface area contributed by atoms with E-state index in [-0.39, 0.29) is 11.5 Å². The van der Waals surface area contributed by atoms with Crippen molar-refractivity contribution in [2.75, 3.05) is 69.4 Å². The summed E-state index contributed by atoms with van der Waals surface area (Å²) in [5, 5.41) is 0.650. The van der Waals surface area contributed by atoms with Crippen LogP contribution in [-0.4, -0.2) is 80.0 Å². The molecule has 1 N–H and O–H groups in total. The number of fused-ring (bicyclic) bond motifs is 1. The number of anilines is 2. The van der Waals surface area contributed by atoms with Gasteiger partial charge in [-0.05, 0) is 67.5 Å². The van der Waals surface area contributed by atoms with Gasteiger partial charge < -0.3 is 29.2 Å². The van der Waals surface area contributed by atoms with Crippen molar-refractivity contribution in [3.8, 4) is 5.75 Å². The number of unbranched alkanes of at least 4 members (excludes halogenated alkanes) is 2. The highest BCUT2D eigenvalue weighted by Gasteiger charge is 2.21. The topological polar surface area (TPSA) is 83.0 Å². The second kappa shape index (κ2) is 12.7. The van der Waals surface area contributed by atoms with E-state index >= 15 is 0 Å². The van der Waals surface area contributed by atoms with Crippen molar-refractivity contribution < 1.29 is 14.3 Å². The molecule has 39 heavy (non-hydrogen) atoms. The van der Waals surface area contributed by atoms with Crippen molar-refractivity contribution in [3.63, 3.8) is 0 Å². The predicted molar refractivity (Wildman–Crippen MR) is 157 cm³/mol. The molecule has 3 aromatic rings. The molecule has 10 heteroatoms. The summed E-state index contributed by atoms with van der Waals surface area (Å²) in [7, 11) is 1.67. The molecule has 208 valence electrons. The molecule has 0 spiro atoms. The lowest BCUT2D eigenvalue weighted by Crippen LogP contribution is -2.48. The van der Waals surface area contributed by atoms with Gasteiger partial charge in [-0.1, -0.05) is 6.42 Å². The molecular weight excluding hydrogens is 514 g/mol. The number of aromatic amines is 1. The van der Waals surface area contributed by atoms with E-state index < -0.39 is 0 Å². The number of piperazine rings is 1. The van der Waals surface area contributed by atoms with E-state index in [1.54, 1.807) is 11.7 Å². The van der Waals surface area contributed by atoms with Gasteiger partial charge in [0.15, 0.2) is 4.77 Å². The van der Waals surface area contributed by atoms with Crippen LogP contribution >= 0.6 is 12.2 Å². The van der Waals surface area contributed by atoms with Crippen molar-refractivity contribution >= 4 is 40.4 Å². The van der Waals surface area contributed by atoms with E-state index in [9.17, 15) is 9.59 Å². The van der Waals surface area contributed by atoms with E-state index in [4.69, 9.17) is 21.7 Å². The minimum atomic E-state index is -0.0605. The lowest BCUT2D eigenvalue weighted by Gasteiger charge is -2.36. The maximum Gasteiger partial charge on any atom is 0.262 e. The Hall–Kier alpha value is -3.37. The Morgan fingerprint density at radius 2 is 1.62 bits per heavy atom. The maximum absolute atomic E-state index is 13.3. The van der Waals surface area contributed by atoms with Crippen LogP contribution in [0.3, 0.4) is 0 Å². The van der Waals surface area contributed by atoms with Crippen LogP contribution in [0, 0.1) is 4.77 Å². The second-order valence-corrected chi connectivity index (χ2v) is 10.5. The predicted octanol–water partition coefficient (Wildman–Crippen LogP) is 3.81. The Morgan fingerprint density at radius 3 is 2.33 bits per heavy atom. The van der Waals surface area contributed by atoms with Crippen LogP contribution < -0.4 is 20.1 Å². The molecule has 0 atom stereocenters. The zero-order chi connectivity index (χ0) is 27.2. The van der Waals surface area contributed by atoms with Gasteiger partial charge in [0.05, 0.1) is 31.2 Å². The number of amides is 1. The zero-order valence-electron chi connectivity index (χ0n) is 22.6. The summed E-state index contributed by atoms with van der Waals surface area (Å²) in [5.41, 5.74) is 2.89. The molecular formula is C29H37N5O4S. The van der Waals surface area contributed by atoms with Crippen molar-refractivity contribution in [1.29, 1.82) is 0 Å². The molecule has 0 aliphatic carbocycles. The summed E-state index contributed by atoms with van der Waals surface area (Å²) >= 11 is 5.50. The Labute approximate surface area is 233 Å². The van der Waals surface area contributed by atoms with Crippen LogP contribution in [0.15, 0.2) is 47.3 Å². The Bertz CT molecular complexity index is 1390. The minimum absolute atomic E-state index is 0.0605.